The van der Waals surface area contributed by atoms with Gasteiger partial charge in [-0.1, -0.05) is 12.1 Å². The van der Waals surface area contributed by atoms with E-state index in [1.807, 2.05) is 36.4 Å². The quantitative estimate of drug-likeness (QED) is 0.695. The largest absolute Gasteiger partial charge is 0.497 e. The molecule has 1 aliphatic heterocycles. The minimum atomic E-state index is -0.120. The molecule has 0 spiro atoms. The fourth-order valence-corrected chi connectivity index (χ4v) is 3.36. The lowest BCUT2D eigenvalue weighted by Crippen LogP contribution is -2.41. The molecule has 1 saturated heterocycles. The van der Waals surface area contributed by atoms with Gasteiger partial charge in [-0.15, -0.1) is 0 Å². The molecular formula is C21H22N4O3. The third kappa shape index (κ3) is 3.61. The van der Waals surface area contributed by atoms with Gasteiger partial charge in [-0.3, -0.25) is 14.3 Å². The zero-order valence-electron chi connectivity index (χ0n) is 15.9. The number of methoxy groups -OCH3 is 1. The smallest absolute Gasteiger partial charge is 0.255 e. The summed E-state index contributed by atoms with van der Waals surface area (Å²) in [6, 6.07) is 13.1. The van der Waals surface area contributed by atoms with Crippen molar-refractivity contribution in [3.8, 4) is 17.0 Å². The molecule has 2 aromatic heterocycles. The lowest BCUT2D eigenvalue weighted by molar-refractivity contribution is 0.0388. The topological polar surface area (TPSA) is 69.5 Å². The van der Waals surface area contributed by atoms with E-state index in [0.717, 1.165) is 16.9 Å². The van der Waals surface area contributed by atoms with Crippen molar-refractivity contribution in [1.29, 1.82) is 0 Å². The third-order valence-electron chi connectivity index (χ3n) is 4.90. The van der Waals surface area contributed by atoms with E-state index >= 15 is 0 Å². The molecule has 3 aromatic rings. The highest BCUT2D eigenvalue weighted by atomic mass is 16.5. The van der Waals surface area contributed by atoms with Gasteiger partial charge < -0.3 is 14.4 Å². The van der Waals surface area contributed by atoms with Crippen molar-refractivity contribution in [2.75, 3.05) is 31.7 Å². The zero-order chi connectivity index (χ0) is 19.5. The number of ether oxygens (including phenoxy) is 2. The van der Waals surface area contributed by atoms with Gasteiger partial charge in [0.2, 0.25) is 5.95 Å². The minimum Gasteiger partial charge on any atom is -0.497 e. The molecule has 7 heteroatoms. The van der Waals surface area contributed by atoms with Gasteiger partial charge in [0.1, 0.15) is 11.9 Å². The van der Waals surface area contributed by atoms with Crippen molar-refractivity contribution in [2.45, 2.75) is 6.10 Å². The fraction of sp³-hybridized carbons (Fsp3) is 0.286. The van der Waals surface area contributed by atoms with Crippen LogP contribution in [0, 0.1) is 0 Å². The number of hydrogen-bond acceptors (Lipinski definition) is 6. The highest BCUT2D eigenvalue weighted by molar-refractivity contribution is 5.59. The molecule has 144 valence electrons. The number of rotatable bonds is 4. The van der Waals surface area contributed by atoms with Gasteiger partial charge in [-0.25, -0.2) is 4.98 Å². The van der Waals surface area contributed by atoms with Gasteiger partial charge in [0, 0.05) is 37.6 Å². The van der Waals surface area contributed by atoms with E-state index in [9.17, 15) is 4.79 Å². The average molecular weight is 378 g/mol. The van der Waals surface area contributed by atoms with E-state index in [4.69, 9.17) is 14.5 Å². The van der Waals surface area contributed by atoms with Crippen LogP contribution >= 0.6 is 0 Å². The highest BCUT2D eigenvalue weighted by Gasteiger charge is 2.25. The summed E-state index contributed by atoms with van der Waals surface area (Å²) in [5, 5.41) is 0. The number of nitrogens with zero attached hydrogens (tertiary/aromatic N) is 4. The Kier molecular flexibility index (Phi) is 5.08. The molecule has 0 bridgehead atoms. The van der Waals surface area contributed by atoms with E-state index in [2.05, 4.69) is 9.88 Å². The van der Waals surface area contributed by atoms with Crippen molar-refractivity contribution in [3.05, 3.63) is 70.8 Å². The van der Waals surface area contributed by atoms with Crippen LogP contribution in [0.5, 0.6) is 5.75 Å². The molecule has 7 nitrogen and oxygen atoms in total. The van der Waals surface area contributed by atoms with E-state index in [-0.39, 0.29) is 11.7 Å². The van der Waals surface area contributed by atoms with Crippen LogP contribution < -0.4 is 15.2 Å². The normalized spacial score (nSPS) is 16.8. The lowest BCUT2D eigenvalue weighted by Gasteiger charge is -2.34. The first-order valence-electron chi connectivity index (χ1n) is 9.14. The standard InChI is InChI=1S/C21H22N4O3/c1-24-20(26)13-18(15-6-8-22-9-7-15)23-21(24)25-10-11-28-19(14-25)16-4-3-5-17(12-16)27-2/h3-9,12-13,19H,10-11,14H2,1-2H3. The van der Waals surface area contributed by atoms with Crippen LogP contribution in [0.15, 0.2) is 59.7 Å². The number of hydrogen-bond donors (Lipinski definition) is 0. The first-order chi connectivity index (χ1) is 13.7. The molecule has 4 rings (SSSR count). The molecule has 1 unspecified atom stereocenters. The van der Waals surface area contributed by atoms with Crippen LogP contribution in [-0.2, 0) is 11.8 Å². The Bertz CT molecular complexity index is 1020. The molecule has 1 aromatic carbocycles. The maximum absolute atomic E-state index is 12.5. The van der Waals surface area contributed by atoms with Gasteiger partial charge in [-0.2, -0.15) is 0 Å². The second kappa shape index (κ2) is 7.82. The Hall–Kier alpha value is -3.19. The molecule has 0 aliphatic carbocycles. The van der Waals surface area contributed by atoms with Crippen LogP contribution in [0.3, 0.4) is 0 Å². The molecule has 0 saturated carbocycles. The second-order valence-electron chi connectivity index (χ2n) is 6.66. The molecule has 3 heterocycles. The summed E-state index contributed by atoms with van der Waals surface area (Å²) >= 11 is 0. The van der Waals surface area contributed by atoms with Crippen LogP contribution in [0.4, 0.5) is 5.95 Å². The first-order valence-corrected chi connectivity index (χ1v) is 9.14. The van der Waals surface area contributed by atoms with Gasteiger partial charge in [0.15, 0.2) is 0 Å². The SMILES string of the molecule is COc1cccc(C2CN(c3nc(-c4ccncc4)cc(=O)n3C)CCO2)c1. The van der Waals surface area contributed by atoms with E-state index in [1.165, 1.54) is 0 Å². The number of anilines is 1. The average Bonchev–Trinajstić information content (AvgIpc) is 2.76. The number of aromatic nitrogens is 3. The Morgan fingerprint density at radius 2 is 2.00 bits per heavy atom. The van der Waals surface area contributed by atoms with Gasteiger partial charge in [-0.05, 0) is 29.8 Å². The number of pyridine rings is 1. The summed E-state index contributed by atoms with van der Waals surface area (Å²) in [6.07, 6.45) is 3.27. The fourth-order valence-electron chi connectivity index (χ4n) is 3.36. The summed E-state index contributed by atoms with van der Waals surface area (Å²) in [6.45, 7) is 1.82. The van der Waals surface area contributed by atoms with Crippen LogP contribution in [0.2, 0.25) is 0 Å². The van der Waals surface area contributed by atoms with Gasteiger partial charge >= 0.3 is 0 Å². The Morgan fingerprint density at radius 3 is 2.79 bits per heavy atom. The van der Waals surface area contributed by atoms with Crippen molar-refractivity contribution in [3.63, 3.8) is 0 Å². The highest BCUT2D eigenvalue weighted by Crippen LogP contribution is 2.27. The molecule has 1 aliphatic rings. The Balaban J connectivity index is 1.66. The van der Waals surface area contributed by atoms with Crippen molar-refractivity contribution < 1.29 is 9.47 Å². The van der Waals surface area contributed by atoms with Crippen molar-refractivity contribution >= 4 is 5.95 Å². The minimum absolute atomic E-state index is 0.0961. The molecule has 1 fully saturated rings. The molecule has 1 atom stereocenters. The van der Waals surface area contributed by atoms with E-state index in [1.54, 1.807) is 37.2 Å². The monoisotopic (exact) mass is 378 g/mol. The summed E-state index contributed by atoms with van der Waals surface area (Å²) in [5.74, 6) is 1.43. The zero-order valence-corrected chi connectivity index (χ0v) is 15.9. The maximum atomic E-state index is 12.5. The first kappa shape index (κ1) is 18.2. The van der Waals surface area contributed by atoms with Crippen LogP contribution in [0.25, 0.3) is 11.3 Å². The molecule has 28 heavy (non-hydrogen) atoms. The van der Waals surface area contributed by atoms with E-state index in [0.29, 0.717) is 31.3 Å². The van der Waals surface area contributed by atoms with Crippen molar-refractivity contribution in [2.24, 2.45) is 7.05 Å². The van der Waals surface area contributed by atoms with Crippen LogP contribution in [-0.4, -0.2) is 41.3 Å². The van der Waals surface area contributed by atoms with Gasteiger partial charge in [0.25, 0.3) is 5.56 Å². The van der Waals surface area contributed by atoms with Gasteiger partial charge in [0.05, 0.1) is 26.0 Å². The predicted molar refractivity (Wildman–Crippen MR) is 107 cm³/mol. The molecule has 0 radical (unpaired) electrons. The maximum Gasteiger partial charge on any atom is 0.255 e. The summed E-state index contributed by atoms with van der Waals surface area (Å²) in [4.78, 5) is 23.4. The van der Waals surface area contributed by atoms with Crippen LogP contribution in [0.1, 0.15) is 11.7 Å². The summed E-state index contributed by atoms with van der Waals surface area (Å²) in [5.41, 5.74) is 2.46. The van der Waals surface area contributed by atoms with E-state index < -0.39 is 0 Å². The Labute approximate surface area is 163 Å². The lowest BCUT2D eigenvalue weighted by atomic mass is 10.1. The summed E-state index contributed by atoms with van der Waals surface area (Å²) < 4.78 is 12.9. The third-order valence-corrected chi connectivity index (χ3v) is 4.90. The Morgan fingerprint density at radius 1 is 1.18 bits per heavy atom. The molecule has 0 amide bonds. The molecule has 0 N–H and O–H groups in total. The molecular weight excluding hydrogens is 356 g/mol. The summed E-state index contributed by atoms with van der Waals surface area (Å²) in [7, 11) is 3.40. The number of morpholine rings is 1. The van der Waals surface area contributed by atoms with Crippen molar-refractivity contribution in [1.82, 2.24) is 14.5 Å². The second-order valence-corrected chi connectivity index (χ2v) is 6.66. The number of benzene rings is 1. The predicted octanol–water partition coefficient (Wildman–Crippen LogP) is 2.43.